The average molecular weight is 319 g/mol. The standard InChI is InChI=1S/C20H17NO3/c1-14-7-18(12-21-11-14)16-8-17(20(22)23)10-19(9-16)24-13-15-5-3-2-4-6-15/h2-12H,13H2,1H3,(H,22,23). The summed E-state index contributed by atoms with van der Waals surface area (Å²) in [6, 6.07) is 16.7. The number of carboxylic acid groups (broad SMARTS) is 1. The first kappa shape index (κ1) is 15.7. The van der Waals surface area contributed by atoms with Crippen LogP contribution in [0.3, 0.4) is 0 Å². The lowest BCUT2D eigenvalue weighted by molar-refractivity contribution is 0.0696. The molecule has 3 aromatic rings. The van der Waals surface area contributed by atoms with E-state index in [4.69, 9.17) is 4.74 Å². The van der Waals surface area contributed by atoms with Gasteiger partial charge in [-0.05, 0) is 47.9 Å². The highest BCUT2D eigenvalue weighted by Gasteiger charge is 2.10. The zero-order valence-electron chi connectivity index (χ0n) is 13.3. The van der Waals surface area contributed by atoms with Crippen LogP contribution in [0.5, 0.6) is 5.75 Å². The van der Waals surface area contributed by atoms with E-state index in [0.717, 1.165) is 22.3 Å². The number of hydrogen-bond donors (Lipinski definition) is 1. The summed E-state index contributed by atoms with van der Waals surface area (Å²) in [5.74, 6) is -0.461. The van der Waals surface area contributed by atoms with Crippen LogP contribution in [-0.4, -0.2) is 16.1 Å². The summed E-state index contributed by atoms with van der Waals surface area (Å²) in [5, 5.41) is 9.35. The number of carbonyl (C=O) groups is 1. The molecule has 0 aliphatic rings. The van der Waals surface area contributed by atoms with Gasteiger partial charge in [-0.3, -0.25) is 4.98 Å². The van der Waals surface area contributed by atoms with Gasteiger partial charge in [0.25, 0.3) is 0 Å². The summed E-state index contributed by atoms with van der Waals surface area (Å²) in [6.45, 7) is 2.33. The highest BCUT2D eigenvalue weighted by Crippen LogP contribution is 2.27. The van der Waals surface area contributed by atoms with Crippen molar-refractivity contribution in [1.29, 1.82) is 0 Å². The maximum Gasteiger partial charge on any atom is 0.335 e. The van der Waals surface area contributed by atoms with Crippen molar-refractivity contribution < 1.29 is 14.6 Å². The van der Waals surface area contributed by atoms with E-state index in [0.29, 0.717) is 12.4 Å². The number of pyridine rings is 1. The molecule has 1 heterocycles. The third-order valence-corrected chi connectivity index (χ3v) is 3.61. The van der Waals surface area contributed by atoms with Crippen LogP contribution in [0.25, 0.3) is 11.1 Å². The predicted octanol–water partition coefficient (Wildman–Crippen LogP) is 4.33. The van der Waals surface area contributed by atoms with Crippen molar-refractivity contribution in [3.05, 3.63) is 83.7 Å². The van der Waals surface area contributed by atoms with Crippen LogP contribution in [0, 0.1) is 6.92 Å². The highest BCUT2D eigenvalue weighted by atomic mass is 16.5. The Kier molecular flexibility index (Phi) is 4.57. The molecular weight excluding hydrogens is 302 g/mol. The number of aromatic nitrogens is 1. The van der Waals surface area contributed by atoms with Crippen molar-refractivity contribution in [3.8, 4) is 16.9 Å². The van der Waals surface area contributed by atoms with Gasteiger partial charge in [-0.25, -0.2) is 4.79 Å². The molecular formula is C20H17NO3. The van der Waals surface area contributed by atoms with Crippen LogP contribution >= 0.6 is 0 Å². The number of hydrogen-bond acceptors (Lipinski definition) is 3. The van der Waals surface area contributed by atoms with Gasteiger partial charge in [-0.2, -0.15) is 0 Å². The molecule has 120 valence electrons. The van der Waals surface area contributed by atoms with E-state index in [9.17, 15) is 9.90 Å². The van der Waals surface area contributed by atoms with Gasteiger partial charge in [0.2, 0.25) is 0 Å². The first-order chi connectivity index (χ1) is 11.6. The van der Waals surface area contributed by atoms with E-state index < -0.39 is 5.97 Å². The second-order valence-electron chi connectivity index (χ2n) is 5.58. The quantitative estimate of drug-likeness (QED) is 0.760. The summed E-state index contributed by atoms with van der Waals surface area (Å²) >= 11 is 0. The van der Waals surface area contributed by atoms with Crippen LogP contribution in [0.4, 0.5) is 0 Å². The lowest BCUT2D eigenvalue weighted by atomic mass is 10.0. The van der Waals surface area contributed by atoms with E-state index in [-0.39, 0.29) is 5.56 Å². The van der Waals surface area contributed by atoms with Gasteiger partial charge in [0.05, 0.1) is 5.56 Å². The molecule has 0 radical (unpaired) electrons. The SMILES string of the molecule is Cc1cncc(-c2cc(OCc3ccccc3)cc(C(=O)O)c2)c1. The maximum atomic E-state index is 11.4. The molecule has 0 aliphatic heterocycles. The van der Waals surface area contributed by atoms with E-state index >= 15 is 0 Å². The molecule has 0 unspecified atom stereocenters. The van der Waals surface area contributed by atoms with Crippen LogP contribution in [0.15, 0.2) is 67.0 Å². The van der Waals surface area contributed by atoms with Crippen molar-refractivity contribution in [3.63, 3.8) is 0 Å². The third-order valence-electron chi connectivity index (χ3n) is 3.61. The molecule has 2 aromatic carbocycles. The Morgan fingerprint density at radius 1 is 1.04 bits per heavy atom. The summed E-state index contributed by atoms with van der Waals surface area (Å²) < 4.78 is 5.79. The molecule has 1 aromatic heterocycles. The largest absolute Gasteiger partial charge is 0.489 e. The van der Waals surface area contributed by atoms with Crippen molar-refractivity contribution in [2.75, 3.05) is 0 Å². The Balaban J connectivity index is 1.92. The Bertz CT molecular complexity index is 860. The summed E-state index contributed by atoms with van der Waals surface area (Å²) in [5.41, 5.74) is 3.87. The Hall–Kier alpha value is -3.14. The lowest BCUT2D eigenvalue weighted by Gasteiger charge is -2.10. The van der Waals surface area contributed by atoms with Gasteiger partial charge < -0.3 is 9.84 Å². The lowest BCUT2D eigenvalue weighted by Crippen LogP contribution is -2.00. The highest BCUT2D eigenvalue weighted by molar-refractivity contribution is 5.90. The molecule has 0 saturated carbocycles. The first-order valence-electron chi connectivity index (χ1n) is 7.59. The minimum atomic E-state index is -0.984. The van der Waals surface area contributed by atoms with E-state index in [1.54, 1.807) is 18.5 Å². The molecule has 0 spiro atoms. The van der Waals surface area contributed by atoms with Gasteiger partial charge in [-0.15, -0.1) is 0 Å². The Labute approximate surface area is 140 Å². The third kappa shape index (κ3) is 3.79. The van der Waals surface area contributed by atoms with Crippen LogP contribution in [-0.2, 0) is 6.61 Å². The average Bonchev–Trinajstić information content (AvgIpc) is 2.60. The minimum absolute atomic E-state index is 0.192. The number of aryl methyl sites for hydroxylation is 1. The molecule has 4 nitrogen and oxygen atoms in total. The van der Waals surface area contributed by atoms with Crippen LogP contribution < -0.4 is 4.74 Å². The summed E-state index contributed by atoms with van der Waals surface area (Å²) in [6.07, 6.45) is 3.48. The topological polar surface area (TPSA) is 59.4 Å². The number of benzene rings is 2. The molecule has 0 amide bonds. The summed E-state index contributed by atoms with van der Waals surface area (Å²) in [4.78, 5) is 15.6. The van der Waals surface area contributed by atoms with Gasteiger partial charge in [0.15, 0.2) is 0 Å². The normalized spacial score (nSPS) is 10.4. The van der Waals surface area contributed by atoms with Crippen molar-refractivity contribution >= 4 is 5.97 Å². The van der Waals surface area contributed by atoms with Gasteiger partial charge in [0.1, 0.15) is 12.4 Å². The molecule has 1 N–H and O–H groups in total. The van der Waals surface area contributed by atoms with E-state index in [2.05, 4.69) is 4.98 Å². The molecule has 0 fully saturated rings. The monoisotopic (exact) mass is 319 g/mol. The maximum absolute atomic E-state index is 11.4. The molecule has 3 rings (SSSR count). The fourth-order valence-electron chi connectivity index (χ4n) is 2.43. The smallest absolute Gasteiger partial charge is 0.335 e. The Morgan fingerprint density at radius 3 is 2.54 bits per heavy atom. The first-order valence-corrected chi connectivity index (χ1v) is 7.59. The molecule has 0 saturated heterocycles. The van der Waals surface area contributed by atoms with Gasteiger partial charge in [0, 0.05) is 18.0 Å². The molecule has 0 bridgehead atoms. The zero-order valence-corrected chi connectivity index (χ0v) is 13.3. The fraction of sp³-hybridized carbons (Fsp3) is 0.100. The zero-order chi connectivity index (χ0) is 16.9. The molecule has 0 aliphatic carbocycles. The van der Waals surface area contributed by atoms with Gasteiger partial charge >= 0.3 is 5.97 Å². The van der Waals surface area contributed by atoms with Crippen molar-refractivity contribution in [1.82, 2.24) is 4.98 Å². The van der Waals surface area contributed by atoms with E-state index in [1.165, 1.54) is 6.07 Å². The number of rotatable bonds is 5. The van der Waals surface area contributed by atoms with Crippen molar-refractivity contribution in [2.24, 2.45) is 0 Å². The van der Waals surface area contributed by atoms with Crippen LogP contribution in [0.1, 0.15) is 21.5 Å². The Morgan fingerprint density at radius 2 is 1.83 bits per heavy atom. The molecule has 4 heteroatoms. The summed E-state index contributed by atoms with van der Waals surface area (Å²) in [7, 11) is 0. The minimum Gasteiger partial charge on any atom is -0.489 e. The second-order valence-corrected chi connectivity index (χ2v) is 5.58. The number of nitrogens with zero attached hydrogens (tertiary/aromatic N) is 1. The second kappa shape index (κ2) is 6.96. The fourth-order valence-corrected chi connectivity index (χ4v) is 2.43. The van der Waals surface area contributed by atoms with Crippen LogP contribution in [0.2, 0.25) is 0 Å². The van der Waals surface area contributed by atoms with E-state index in [1.807, 2.05) is 49.4 Å². The number of carboxylic acids is 1. The number of ether oxygens (including phenoxy) is 1. The predicted molar refractivity (Wildman–Crippen MR) is 92.1 cm³/mol. The van der Waals surface area contributed by atoms with Gasteiger partial charge in [-0.1, -0.05) is 30.3 Å². The molecule has 24 heavy (non-hydrogen) atoms. The van der Waals surface area contributed by atoms with Crippen molar-refractivity contribution in [2.45, 2.75) is 13.5 Å². The number of aromatic carboxylic acids is 1. The molecule has 0 atom stereocenters.